The fourth-order valence-electron chi connectivity index (χ4n) is 3.42. The monoisotopic (exact) mass is 225 g/mol. The van der Waals surface area contributed by atoms with E-state index in [-0.39, 0.29) is 5.60 Å². The molecule has 0 bridgehead atoms. The van der Waals surface area contributed by atoms with Gasteiger partial charge in [-0.3, -0.25) is 0 Å². The fourth-order valence-corrected chi connectivity index (χ4v) is 3.42. The third-order valence-electron chi connectivity index (χ3n) is 4.29. The van der Waals surface area contributed by atoms with Crippen LogP contribution >= 0.6 is 0 Å². The van der Waals surface area contributed by atoms with E-state index in [0.717, 1.165) is 13.2 Å². The van der Waals surface area contributed by atoms with Crippen molar-refractivity contribution in [2.45, 2.75) is 76.4 Å². The molecule has 2 nitrogen and oxygen atoms in total. The summed E-state index contributed by atoms with van der Waals surface area (Å²) in [5.41, 5.74) is 0.189. The molecule has 1 N–H and O–H groups in total. The molecule has 1 saturated carbocycles. The van der Waals surface area contributed by atoms with Crippen LogP contribution in [0.4, 0.5) is 0 Å². The summed E-state index contributed by atoms with van der Waals surface area (Å²) in [5.74, 6) is 0. The van der Waals surface area contributed by atoms with E-state index >= 15 is 0 Å². The van der Waals surface area contributed by atoms with Crippen LogP contribution in [0.3, 0.4) is 0 Å². The van der Waals surface area contributed by atoms with Gasteiger partial charge in [0.1, 0.15) is 0 Å². The average molecular weight is 225 g/mol. The van der Waals surface area contributed by atoms with E-state index in [1.165, 1.54) is 57.8 Å². The molecule has 1 heterocycles. The SMILES string of the molecule is CCCC1NCCOC12CCCCCCC2. The summed E-state index contributed by atoms with van der Waals surface area (Å²) in [5, 5.41) is 3.70. The van der Waals surface area contributed by atoms with Gasteiger partial charge in [0.2, 0.25) is 0 Å². The van der Waals surface area contributed by atoms with Gasteiger partial charge in [-0.05, 0) is 19.3 Å². The Balaban J connectivity index is 2.03. The van der Waals surface area contributed by atoms with E-state index in [0.29, 0.717) is 6.04 Å². The quantitative estimate of drug-likeness (QED) is 0.779. The van der Waals surface area contributed by atoms with E-state index in [2.05, 4.69) is 12.2 Å². The summed E-state index contributed by atoms with van der Waals surface area (Å²) in [7, 11) is 0. The predicted octanol–water partition coefficient (Wildman–Crippen LogP) is 3.26. The molecule has 0 aromatic carbocycles. The molecule has 1 spiro atoms. The van der Waals surface area contributed by atoms with Crippen LogP contribution in [0.2, 0.25) is 0 Å². The lowest BCUT2D eigenvalue weighted by atomic mass is 9.79. The highest BCUT2D eigenvalue weighted by atomic mass is 16.5. The van der Waals surface area contributed by atoms with Crippen molar-refractivity contribution in [2.75, 3.05) is 13.2 Å². The largest absolute Gasteiger partial charge is 0.372 e. The molecule has 1 aliphatic heterocycles. The minimum absolute atomic E-state index is 0.189. The molecule has 1 aliphatic carbocycles. The van der Waals surface area contributed by atoms with Crippen molar-refractivity contribution in [1.29, 1.82) is 0 Å². The van der Waals surface area contributed by atoms with Gasteiger partial charge in [0, 0.05) is 12.6 Å². The average Bonchev–Trinajstić information content (AvgIpc) is 2.27. The van der Waals surface area contributed by atoms with Gasteiger partial charge < -0.3 is 10.1 Å². The smallest absolute Gasteiger partial charge is 0.0835 e. The van der Waals surface area contributed by atoms with Crippen LogP contribution in [0.5, 0.6) is 0 Å². The van der Waals surface area contributed by atoms with Crippen LogP contribution in [0.25, 0.3) is 0 Å². The summed E-state index contributed by atoms with van der Waals surface area (Å²) in [4.78, 5) is 0. The maximum absolute atomic E-state index is 6.24. The lowest BCUT2D eigenvalue weighted by molar-refractivity contribution is -0.113. The lowest BCUT2D eigenvalue weighted by Crippen LogP contribution is -2.58. The Morgan fingerprint density at radius 3 is 2.50 bits per heavy atom. The summed E-state index contributed by atoms with van der Waals surface area (Å²) >= 11 is 0. The second-order valence-corrected chi connectivity index (χ2v) is 5.48. The van der Waals surface area contributed by atoms with E-state index in [1.807, 2.05) is 0 Å². The Morgan fingerprint density at radius 1 is 1.12 bits per heavy atom. The first kappa shape index (κ1) is 12.4. The summed E-state index contributed by atoms with van der Waals surface area (Å²) in [6, 6.07) is 0.615. The number of nitrogens with one attached hydrogen (secondary N) is 1. The maximum atomic E-state index is 6.24. The van der Waals surface area contributed by atoms with Crippen LogP contribution in [-0.4, -0.2) is 24.8 Å². The Bertz CT molecular complexity index is 195. The topological polar surface area (TPSA) is 21.3 Å². The summed E-state index contributed by atoms with van der Waals surface area (Å²) in [6.07, 6.45) is 12.1. The zero-order chi connectivity index (χ0) is 11.3. The van der Waals surface area contributed by atoms with Crippen molar-refractivity contribution in [3.8, 4) is 0 Å². The Morgan fingerprint density at radius 2 is 1.81 bits per heavy atom. The maximum Gasteiger partial charge on any atom is 0.0835 e. The first-order valence-corrected chi connectivity index (χ1v) is 7.25. The Kier molecular flexibility index (Phi) is 4.66. The number of ether oxygens (including phenoxy) is 1. The molecule has 0 aromatic rings. The van der Waals surface area contributed by atoms with Crippen molar-refractivity contribution >= 4 is 0 Å². The van der Waals surface area contributed by atoms with Gasteiger partial charge in [-0.15, -0.1) is 0 Å². The van der Waals surface area contributed by atoms with Gasteiger partial charge in [-0.25, -0.2) is 0 Å². The van der Waals surface area contributed by atoms with Crippen LogP contribution in [0.1, 0.15) is 64.7 Å². The molecule has 2 rings (SSSR count). The molecular formula is C14H27NO. The van der Waals surface area contributed by atoms with E-state index in [4.69, 9.17) is 4.74 Å². The van der Waals surface area contributed by atoms with Gasteiger partial charge in [0.05, 0.1) is 12.2 Å². The molecule has 2 fully saturated rings. The summed E-state index contributed by atoms with van der Waals surface area (Å²) < 4.78 is 6.24. The van der Waals surface area contributed by atoms with E-state index in [1.54, 1.807) is 0 Å². The van der Waals surface area contributed by atoms with Gasteiger partial charge >= 0.3 is 0 Å². The predicted molar refractivity (Wildman–Crippen MR) is 67.7 cm³/mol. The molecule has 1 saturated heterocycles. The Labute approximate surface area is 100 Å². The number of hydrogen-bond donors (Lipinski definition) is 1. The second kappa shape index (κ2) is 6.02. The minimum atomic E-state index is 0.189. The van der Waals surface area contributed by atoms with Crippen LogP contribution in [0, 0.1) is 0 Å². The van der Waals surface area contributed by atoms with Crippen LogP contribution in [0.15, 0.2) is 0 Å². The normalized spacial score (nSPS) is 30.9. The van der Waals surface area contributed by atoms with Crippen molar-refractivity contribution in [3.63, 3.8) is 0 Å². The highest BCUT2D eigenvalue weighted by Crippen LogP contribution is 2.35. The second-order valence-electron chi connectivity index (χ2n) is 5.48. The molecule has 94 valence electrons. The minimum Gasteiger partial charge on any atom is -0.372 e. The molecule has 0 radical (unpaired) electrons. The summed E-state index contributed by atoms with van der Waals surface area (Å²) in [6.45, 7) is 4.25. The molecular weight excluding hydrogens is 198 g/mol. The number of morpholine rings is 1. The van der Waals surface area contributed by atoms with Gasteiger partial charge in [-0.2, -0.15) is 0 Å². The number of hydrogen-bond acceptors (Lipinski definition) is 2. The lowest BCUT2D eigenvalue weighted by Gasteiger charge is -2.46. The van der Waals surface area contributed by atoms with Gasteiger partial charge in [-0.1, -0.05) is 45.4 Å². The van der Waals surface area contributed by atoms with Crippen LogP contribution in [-0.2, 0) is 4.74 Å². The number of rotatable bonds is 2. The van der Waals surface area contributed by atoms with E-state index < -0.39 is 0 Å². The van der Waals surface area contributed by atoms with Gasteiger partial charge in [0.25, 0.3) is 0 Å². The molecule has 2 aliphatic rings. The highest BCUT2D eigenvalue weighted by Gasteiger charge is 2.40. The third-order valence-corrected chi connectivity index (χ3v) is 4.29. The fraction of sp³-hybridized carbons (Fsp3) is 1.00. The van der Waals surface area contributed by atoms with Crippen LogP contribution < -0.4 is 5.32 Å². The first-order valence-electron chi connectivity index (χ1n) is 7.25. The third kappa shape index (κ3) is 2.78. The van der Waals surface area contributed by atoms with E-state index in [9.17, 15) is 0 Å². The molecule has 1 atom stereocenters. The zero-order valence-corrected chi connectivity index (χ0v) is 10.8. The van der Waals surface area contributed by atoms with Crippen molar-refractivity contribution in [2.24, 2.45) is 0 Å². The van der Waals surface area contributed by atoms with Crippen molar-refractivity contribution in [3.05, 3.63) is 0 Å². The molecule has 2 heteroatoms. The standard InChI is InChI=1S/C14H27NO/c1-2-8-13-14(16-12-11-15-13)9-6-4-3-5-7-10-14/h13,15H,2-12H2,1H3. The van der Waals surface area contributed by atoms with Crippen molar-refractivity contribution < 1.29 is 4.74 Å². The molecule has 1 unspecified atom stereocenters. The zero-order valence-electron chi connectivity index (χ0n) is 10.8. The first-order chi connectivity index (χ1) is 7.87. The highest BCUT2D eigenvalue weighted by molar-refractivity contribution is 4.96. The Hall–Kier alpha value is -0.0800. The van der Waals surface area contributed by atoms with Gasteiger partial charge in [0.15, 0.2) is 0 Å². The molecule has 0 amide bonds. The molecule has 16 heavy (non-hydrogen) atoms. The molecule has 0 aromatic heterocycles. The van der Waals surface area contributed by atoms with Crippen molar-refractivity contribution in [1.82, 2.24) is 5.32 Å².